The Morgan fingerprint density at radius 2 is 1.77 bits per heavy atom. The molecule has 1 aliphatic heterocycles. The van der Waals surface area contributed by atoms with Gasteiger partial charge in [0, 0.05) is 24.1 Å². The summed E-state index contributed by atoms with van der Waals surface area (Å²) in [7, 11) is 1.55. The number of halogens is 2. The second-order valence-corrected chi connectivity index (χ2v) is 9.96. The van der Waals surface area contributed by atoms with Gasteiger partial charge in [0.05, 0.1) is 45.1 Å². The van der Waals surface area contributed by atoms with E-state index >= 15 is 4.39 Å². The molecule has 10 heteroatoms. The van der Waals surface area contributed by atoms with Gasteiger partial charge in [-0.25, -0.2) is 4.39 Å². The molecular formula is C29H37BrFN3O5. The Morgan fingerprint density at radius 1 is 1.10 bits per heavy atom. The molecule has 0 fully saturated rings. The zero-order valence-electron chi connectivity index (χ0n) is 23.4. The van der Waals surface area contributed by atoms with Crippen LogP contribution in [0.4, 0.5) is 4.39 Å². The number of unbranched alkanes of at least 4 members (excludes halogenated alkanes) is 1. The number of Topliss-reactive ketones (excluding diaryl/α,β-unsaturated/α-hetero) is 1. The van der Waals surface area contributed by atoms with E-state index in [0.29, 0.717) is 48.7 Å². The maximum Gasteiger partial charge on any atom is 0.197 e. The molecule has 0 spiro atoms. The van der Waals surface area contributed by atoms with E-state index in [2.05, 4.69) is 6.07 Å². The van der Waals surface area contributed by atoms with Gasteiger partial charge >= 0.3 is 0 Å². The second-order valence-electron chi connectivity index (χ2n) is 9.96. The van der Waals surface area contributed by atoms with Crippen LogP contribution in [0.25, 0.3) is 0 Å². The molecule has 0 unspecified atom stereocenters. The number of fused-ring (bicyclic) bond motifs is 1. The highest BCUT2D eigenvalue weighted by Crippen LogP contribution is 2.41. The Morgan fingerprint density at radius 3 is 2.36 bits per heavy atom. The Hall–Kier alpha value is -3.32. The van der Waals surface area contributed by atoms with Crippen molar-refractivity contribution in [3.05, 3.63) is 46.3 Å². The molecular weight excluding hydrogens is 569 g/mol. The molecule has 0 saturated carbocycles. The van der Waals surface area contributed by atoms with Crippen LogP contribution in [0.2, 0.25) is 0 Å². The van der Waals surface area contributed by atoms with Crippen LogP contribution in [0.3, 0.4) is 0 Å². The average molecular weight is 607 g/mol. The number of rotatable bonds is 12. The molecule has 0 saturated heterocycles. The normalized spacial score (nSPS) is 12.4. The molecule has 8 nitrogen and oxygen atoms in total. The molecule has 1 aliphatic rings. The molecule has 3 rings (SSSR count). The smallest absolute Gasteiger partial charge is 0.197 e. The van der Waals surface area contributed by atoms with Gasteiger partial charge in [0.15, 0.2) is 34.6 Å². The van der Waals surface area contributed by atoms with Crippen LogP contribution in [0.15, 0.2) is 18.2 Å². The molecule has 0 aromatic heterocycles. The number of amidine groups is 1. The molecule has 1 heterocycles. The highest BCUT2D eigenvalue weighted by molar-refractivity contribution is 8.93. The van der Waals surface area contributed by atoms with Gasteiger partial charge in [0.2, 0.25) is 0 Å². The van der Waals surface area contributed by atoms with Crippen molar-refractivity contribution in [2.24, 2.45) is 0 Å². The maximum absolute atomic E-state index is 15.4. The molecule has 0 aliphatic carbocycles. The summed E-state index contributed by atoms with van der Waals surface area (Å²) in [5.74, 6) is 0.265. The number of methoxy groups -OCH3 is 1. The van der Waals surface area contributed by atoms with Crippen molar-refractivity contribution >= 4 is 28.6 Å². The molecule has 2 aromatic carbocycles. The van der Waals surface area contributed by atoms with Gasteiger partial charge in [-0.2, -0.15) is 5.26 Å². The van der Waals surface area contributed by atoms with Gasteiger partial charge in [-0.05, 0) is 49.4 Å². The molecule has 0 amide bonds. The summed E-state index contributed by atoms with van der Waals surface area (Å²) in [5, 5.41) is 17.5. The topological polar surface area (TPSA) is 105 Å². The summed E-state index contributed by atoms with van der Waals surface area (Å²) >= 11 is 0. The Balaban J connectivity index is 0.00000533. The van der Waals surface area contributed by atoms with Crippen LogP contribution in [0.5, 0.6) is 23.0 Å². The van der Waals surface area contributed by atoms with Crippen LogP contribution < -0.4 is 18.9 Å². The minimum atomic E-state index is -0.653. The third-order valence-corrected chi connectivity index (χ3v) is 6.19. The predicted octanol–water partition coefficient (Wildman–Crippen LogP) is 6.21. The van der Waals surface area contributed by atoms with Gasteiger partial charge < -0.3 is 23.8 Å². The van der Waals surface area contributed by atoms with Gasteiger partial charge in [-0.3, -0.25) is 10.2 Å². The lowest BCUT2D eigenvalue weighted by Gasteiger charge is -2.25. The zero-order chi connectivity index (χ0) is 28.0. The first-order chi connectivity index (χ1) is 18.1. The summed E-state index contributed by atoms with van der Waals surface area (Å²) in [6.45, 7) is 10.6. The second kappa shape index (κ2) is 13.7. The number of carbonyl (C=O) groups is 1. The largest absolute Gasteiger partial charge is 0.493 e. The highest BCUT2D eigenvalue weighted by atomic mass is 79.9. The average Bonchev–Trinajstić information content (AvgIpc) is 3.17. The minimum Gasteiger partial charge on any atom is -0.493 e. The van der Waals surface area contributed by atoms with E-state index in [9.17, 15) is 4.79 Å². The SMILES string of the molecule is Br.CCOc1cc2c(c(F)c1OCC)C(=N)N(CC(=O)c1cc(OCCCC#N)c(OC)c(C(C)(C)C)c1)C2. The number of ether oxygens (including phenoxy) is 4. The van der Waals surface area contributed by atoms with E-state index in [1.807, 2.05) is 20.8 Å². The number of benzene rings is 2. The fourth-order valence-corrected chi connectivity index (χ4v) is 4.39. The Kier molecular flexibility index (Phi) is 11.2. The lowest BCUT2D eigenvalue weighted by atomic mass is 9.84. The number of nitriles is 1. The number of hydrogen-bond donors (Lipinski definition) is 1. The van der Waals surface area contributed by atoms with Crippen molar-refractivity contribution in [3.8, 4) is 29.1 Å². The van der Waals surface area contributed by atoms with Crippen LogP contribution in [-0.4, -0.2) is 50.0 Å². The van der Waals surface area contributed by atoms with Crippen LogP contribution in [0, 0.1) is 22.6 Å². The first kappa shape index (κ1) is 31.9. The third-order valence-electron chi connectivity index (χ3n) is 6.19. The summed E-state index contributed by atoms with van der Waals surface area (Å²) in [6, 6.07) is 7.20. The fourth-order valence-electron chi connectivity index (χ4n) is 4.39. The lowest BCUT2D eigenvalue weighted by molar-refractivity contribution is 0.0962. The van der Waals surface area contributed by atoms with E-state index in [-0.39, 0.29) is 70.8 Å². The van der Waals surface area contributed by atoms with Gasteiger partial charge in [-0.1, -0.05) is 20.8 Å². The van der Waals surface area contributed by atoms with Crippen LogP contribution in [-0.2, 0) is 12.0 Å². The summed E-state index contributed by atoms with van der Waals surface area (Å²) in [5.41, 5.74) is 1.54. The minimum absolute atomic E-state index is 0. The number of carbonyl (C=O) groups excluding carboxylic acids is 1. The van der Waals surface area contributed by atoms with Crippen molar-refractivity contribution in [1.82, 2.24) is 4.90 Å². The van der Waals surface area contributed by atoms with Crippen molar-refractivity contribution in [2.45, 2.75) is 59.4 Å². The van der Waals surface area contributed by atoms with Crippen LogP contribution in [0.1, 0.15) is 74.5 Å². The number of nitrogens with zero attached hydrogens (tertiary/aromatic N) is 2. The molecule has 0 atom stereocenters. The molecule has 2 aromatic rings. The lowest BCUT2D eigenvalue weighted by Crippen LogP contribution is -2.30. The monoisotopic (exact) mass is 605 g/mol. The molecule has 39 heavy (non-hydrogen) atoms. The van der Waals surface area contributed by atoms with E-state index in [0.717, 1.165) is 5.56 Å². The quantitative estimate of drug-likeness (QED) is 0.226. The predicted molar refractivity (Wildman–Crippen MR) is 153 cm³/mol. The molecule has 1 N–H and O–H groups in total. The van der Waals surface area contributed by atoms with E-state index < -0.39 is 5.82 Å². The molecule has 0 bridgehead atoms. The van der Waals surface area contributed by atoms with Gasteiger partial charge in [0.25, 0.3) is 0 Å². The summed E-state index contributed by atoms with van der Waals surface area (Å²) in [6.07, 6.45) is 0.905. The maximum atomic E-state index is 15.4. The zero-order valence-corrected chi connectivity index (χ0v) is 25.1. The van der Waals surface area contributed by atoms with Crippen LogP contribution >= 0.6 is 17.0 Å². The standard InChI is InChI=1S/C29H36FN3O5.BrH/c1-7-36-23-15-19-16-33(28(32)24(19)25(30)27(23)37-8-2)17-21(34)18-13-20(29(3,4)5)26(35-6)22(14-18)38-12-10-9-11-31;/h13-15,32H,7-10,12,16-17H2,1-6H3;1H. The van der Waals surface area contributed by atoms with Crippen molar-refractivity contribution in [2.75, 3.05) is 33.5 Å². The number of nitrogens with one attached hydrogen (secondary N) is 1. The highest BCUT2D eigenvalue weighted by Gasteiger charge is 2.33. The number of ketones is 1. The van der Waals surface area contributed by atoms with E-state index in [4.69, 9.17) is 29.6 Å². The first-order valence-corrected chi connectivity index (χ1v) is 12.8. The molecule has 0 radical (unpaired) electrons. The van der Waals surface area contributed by atoms with Gasteiger partial charge in [0.1, 0.15) is 5.84 Å². The number of hydrogen-bond acceptors (Lipinski definition) is 7. The van der Waals surface area contributed by atoms with Crippen molar-refractivity contribution in [3.63, 3.8) is 0 Å². The van der Waals surface area contributed by atoms with E-state index in [1.165, 1.54) is 4.90 Å². The molecule has 212 valence electrons. The fraction of sp³-hybridized carbons (Fsp3) is 0.483. The third kappa shape index (κ3) is 7.01. The van der Waals surface area contributed by atoms with E-state index in [1.54, 1.807) is 39.2 Å². The summed E-state index contributed by atoms with van der Waals surface area (Å²) < 4.78 is 38.1. The van der Waals surface area contributed by atoms with Gasteiger partial charge in [-0.15, -0.1) is 17.0 Å². The summed E-state index contributed by atoms with van der Waals surface area (Å²) in [4.78, 5) is 15.0. The Labute approximate surface area is 240 Å². The first-order valence-electron chi connectivity index (χ1n) is 12.8. The van der Waals surface area contributed by atoms with Crippen molar-refractivity contribution < 1.29 is 28.1 Å². The Bertz CT molecular complexity index is 1250. The van der Waals surface area contributed by atoms with Crippen molar-refractivity contribution in [1.29, 1.82) is 10.7 Å².